The summed E-state index contributed by atoms with van der Waals surface area (Å²) in [6.07, 6.45) is -5.54. The van der Waals surface area contributed by atoms with Gasteiger partial charge in [-0.25, -0.2) is 0 Å². The van der Waals surface area contributed by atoms with Gasteiger partial charge in [0, 0.05) is 0 Å². The lowest BCUT2D eigenvalue weighted by Crippen LogP contribution is -2.18. The molecule has 0 aromatic heterocycles. The van der Waals surface area contributed by atoms with Crippen molar-refractivity contribution < 1.29 is 36.7 Å². The SMILES string of the molecule is OB(O)OC(F)=C(F)C(F)(F)F. The third-order valence-electron chi connectivity index (χ3n) is 0.630. The highest BCUT2D eigenvalue weighted by Crippen LogP contribution is 2.29. The fourth-order valence-corrected chi connectivity index (χ4v) is 0.256. The molecule has 0 aromatic carbocycles. The molecule has 0 aromatic rings. The normalized spacial score (nSPS) is 13.9. The lowest BCUT2D eigenvalue weighted by Gasteiger charge is -2.05. The average molecular weight is 192 g/mol. The number of alkyl halides is 3. The van der Waals surface area contributed by atoms with Crippen molar-refractivity contribution in [1.29, 1.82) is 0 Å². The second kappa shape index (κ2) is 3.72. The smallest absolute Gasteiger partial charge is 0.488 e. The summed E-state index contributed by atoms with van der Waals surface area (Å²) in [6, 6.07) is -2.72. The lowest BCUT2D eigenvalue weighted by molar-refractivity contribution is -0.114. The molecule has 0 bridgehead atoms. The number of hydrogen-bond acceptors (Lipinski definition) is 3. The van der Waals surface area contributed by atoms with Crippen LogP contribution in [0, 0.1) is 0 Å². The van der Waals surface area contributed by atoms with E-state index in [9.17, 15) is 22.0 Å². The van der Waals surface area contributed by atoms with Crippen LogP contribution in [0.1, 0.15) is 0 Å². The van der Waals surface area contributed by atoms with Crippen LogP contribution in [0.2, 0.25) is 0 Å². The Balaban J connectivity index is 4.47. The molecular formula is C3H2BF5O3. The Labute approximate surface area is 63.2 Å². The first kappa shape index (κ1) is 11.2. The Hall–Kier alpha value is -0.825. The standard InChI is InChI=1S/C3H2BF5O3/c5-1(3(7,8)9)2(6)12-4(10)11/h10-11H. The number of allylic oxidation sites excluding steroid dienone is 1. The lowest BCUT2D eigenvalue weighted by atomic mass is 10.3. The first-order valence-electron chi connectivity index (χ1n) is 2.40. The molecule has 0 saturated carbocycles. The first-order valence-corrected chi connectivity index (χ1v) is 2.40. The van der Waals surface area contributed by atoms with Gasteiger partial charge in [0.15, 0.2) is 0 Å². The molecule has 0 aliphatic rings. The highest BCUT2D eigenvalue weighted by molar-refractivity contribution is 6.33. The molecule has 2 N–H and O–H groups in total. The molecule has 0 amide bonds. The van der Waals surface area contributed by atoms with Crippen molar-refractivity contribution in [3.05, 3.63) is 11.8 Å². The third kappa shape index (κ3) is 3.53. The summed E-state index contributed by atoms with van der Waals surface area (Å²) < 4.78 is 60.2. The van der Waals surface area contributed by atoms with Crippen LogP contribution in [-0.2, 0) is 4.65 Å². The first-order chi connectivity index (χ1) is 5.25. The predicted molar refractivity (Wildman–Crippen MR) is 26.6 cm³/mol. The van der Waals surface area contributed by atoms with E-state index in [0.29, 0.717) is 0 Å². The minimum absolute atomic E-state index is 2.72. The van der Waals surface area contributed by atoms with Crippen molar-refractivity contribution in [3.8, 4) is 0 Å². The van der Waals surface area contributed by atoms with Crippen LogP contribution >= 0.6 is 0 Å². The maximum atomic E-state index is 11.8. The zero-order valence-electron chi connectivity index (χ0n) is 5.27. The van der Waals surface area contributed by atoms with Crippen molar-refractivity contribution in [2.24, 2.45) is 0 Å². The molecule has 12 heavy (non-hydrogen) atoms. The Kier molecular flexibility index (Phi) is 3.46. The van der Waals surface area contributed by atoms with Crippen molar-refractivity contribution in [1.82, 2.24) is 0 Å². The molecule has 0 saturated heterocycles. The van der Waals surface area contributed by atoms with Crippen LogP contribution in [0.15, 0.2) is 11.8 Å². The Morgan fingerprint density at radius 3 is 1.83 bits per heavy atom. The van der Waals surface area contributed by atoms with Gasteiger partial charge >= 0.3 is 13.5 Å². The van der Waals surface area contributed by atoms with E-state index in [0.717, 1.165) is 0 Å². The maximum absolute atomic E-state index is 11.8. The summed E-state index contributed by atoms with van der Waals surface area (Å²) in [5.41, 5.74) is 0. The molecule has 0 unspecified atom stereocenters. The van der Waals surface area contributed by atoms with Gasteiger partial charge < -0.3 is 14.7 Å². The molecular weight excluding hydrogens is 190 g/mol. The highest BCUT2D eigenvalue weighted by Gasteiger charge is 2.40. The second-order valence-corrected chi connectivity index (χ2v) is 1.53. The van der Waals surface area contributed by atoms with Gasteiger partial charge in [-0.05, 0) is 0 Å². The van der Waals surface area contributed by atoms with Crippen molar-refractivity contribution in [3.63, 3.8) is 0 Å². The maximum Gasteiger partial charge on any atom is 0.709 e. The number of halogens is 5. The topological polar surface area (TPSA) is 49.7 Å². The van der Waals surface area contributed by atoms with Gasteiger partial charge in [-0.1, -0.05) is 0 Å². The van der Waals surface area contributed by atoms with E-state index >= 15 is 0 Å². The molecule has 0 rings (SSSR count). The average Bonchev–Trinajstić information content (AvgIpc) is 1.82. The van der Waals surface area contributed by atoms with E-state index in [4.69, 9.17) is 10.0 Å². The largest absolute Gasteiger partial charge is 0.709 e. The molecule has 70 valence electrons. The van der Waals surface area contributed by atoms with Crippen molar-refractivity contribution >= 4 is 7.32 Å². The van der Waals surface area contributed by atoms with Crippen LogP contribution in [0.5, 0.6) is 0 Å². The predicted octanol–water partition coefficient (Wildman–Crippen LogP) is 0.643. The quantitative estimate of drug-likeness (QED) is 0.383. The second-order valence-electron chi connectivity index (χ2n) is 1.53. The molecule has 0 atom stereocenters. The zero-order chi connectivity index (χ0) is 9.94. The molecule has 0 aliphatic heterocycles. The van der Waals surface area contributed by atoms with Crippen LogP contribution in [0.3, 0.4) is 0 Å². The van der Waals surface area contributed by atoms with E-state index in [-0.39, 0.29) is 0 Å². The molecule has 0 heterocycles. The van der Waals surface area contributed by atoms with Gasteiger partial charge in [0.1, 0.15) is 0 Å². The van der Waals surface area contributed by atoms with E-state index < -0.39 is 25.3 Å². The molecule has 0 fully saturated rings. The molecule has 0 spiro atoms. The Bertz CT molecular complexity index is 187. The number of hydrogen-bond donors (Lipinski definition) is 2. The fraction of sp³-hybridized carbons (Fsp3) is 0.333. The Morgan fingerprint density at radius 1 is 1.17 bits per heavy atom. The fourth-order valence-electron chi connectivity index (χ4n) is 0.256. The highest BCUT2D eigenvalue weighted by atomic mass is 19.4. The van der Waals surface area contributed by atoms with Crippen molar-refractivity contribution in [2.45, 2.75) is 6.18 Å². The minimum Gasteiger partial charge on any atom is -0.488 e. The van der Waals surface area contributed by atoms with Gasteiger partial charge in [-0.15, -0.1) is 0 Å². The van der Waals surface area contributed by atoms with E-state index in [1.165, 1.54) is 0 Å². The minimum atomic E-state index is -5.54. The van der Waals surface area contributed by atoms with Gasteiger partial charge in [0.2, 0.25) is 0 Å². The van der Waals surface area contributed by atoms with Gasteiger partial charge in [0.05, 0.1) is 0 Å². The van der Waals surface area contributed by atoms with Crippen molar-refractivity contribution in [2.75, 3.05) is 0 Å². The van der Waals surface area contributed by atoms with Gasteiger partial charge in [-0.2, -0.15) is 22.0 Å². The van der Waals surface area contributed by atoms with Gasteiger partial charge in [0.25, 0.3) is 11.8 Å². The Morgan fingerprint density at radius 2 is 1.58 bits per heavy atom. The van der Waals surface area contributed by atoms with Crippen LogP contribution in [0.25, 0.3) is 0 Å². The van der Waals surface area contributed by atoms with Crippen LogP contribution in [-0.4, -0.2) is 23.5 Å². The molecule has 3 nitrogen and oxygen atoms in total. The molecule has 9 heteroatoms. The summed E-state index contributed by atoms with van der Waals surface area (Å²) in [6.45, 7) is 0. The van der Waals surface area contributed by atoms with Crippen LogP contribution in [0.4, 0.5) is 22.0 Å². The summed E-state index contributed by atoms with van der Waals surface area (Å²) in [5.74, 6) is -3.16. The molecule has 0 aliphatic carbocycles. The van der Waals surface area contributed by atoms with Gasteiger partial charge in [-0.3, -0.25) is 0 Å². The summed E-state index contributed by atoms with van der Waals surface area (Å²) >= 11 is 0. The third-order valence-corrected chi connectivity index (χ3v) is 0.630. The summed E-state index contributed by atoms with van der Waals surface area (Å²) in [4.78, 5) is 0. The zero-order valence-corrected chi connectivity index (χ0v) is 5.27. The van der Waals surface area contributed by atoms with E-state index in [2.05, 4.69) is 4.65 Å². The summed E-state index contributed by atoms with van der Waals surface area (Å²) in [7, 11) is -2.84. The van der Waals surface area contributed by atoms with E-state index in [1.807, 2.05) is 0 Å². The molecule has 0 radical (unpaired) electrons. The van der Waals surface area contributed by atoms with Crippen LogP contribution < -0.4 is 0 Å². The summed E-state index contributed by atoms with van der Waals surface area (Å²) in [5, 5.41) is 15.5. The monoisotopic (exact) mass is 192 g/mol. The number of rotatable bonds is 2. The van der Waals surface area contributed by atoms with E-state index in [1.54, 1.807) is 0 Å².